The molecule has 2 aliphatic heterocycles. The Labute approximate surface area is 144 Å². The molecule has 2 heterocycles. The van der Waals surface area contributed by atoms with Crippen molar-refractivity contribution in [3.05, 3.63) is 53.6 Å². The third kappa shape index (κ3) is 3.34. The van der Waals surface area contributed by atoms with Gasteiger partial charge >= 0.3 is 0 Å². The number of nitrogens with one attached hydrogen (secondary N) is 2. The zero-order valence-corrected chi connectivity index (χ0v) is 14.4. The van der Waals surface area contributed by atoms with E-state index in [4.69, 9.17) is 0 Å². The average Bonchev–Trinajstić information content (AvgIpc) is 2.62. The highest BCUT2D eigenvalue weighted by Gasteiger charge is 2.18. The van der Waals surface area contributed by atoms with E-state index in [0.29, 0.717) is 0 Å². The highest BCUT2D eigenvalue weighted by Crippen LogP contribution is 2.26. The first-order valence-electron chi connectivity index (χ1n) is 8.92. The number of aryl methyl sites for hydroxylation is 1. The molecule has 0 unspecified atom stereocenters. The number of anilines is 3. The van der Waals surface area contributed by atoms with E-state index in [9.17, 15) is 0 Å². The van der Waals surface area contributed by atoms with E-state index in [1.165, 1.54) is 28.2 Å². The van der Waals surface area contributed by atoms with Gasteiger partial charge in [-0.2, -0.15) is 0 Å². The first kappa shape index (κ1) is 15.3. The fourth-order valence-electron chi connectivity index (χ4n) is 3.63. The Morgan fingerprint density at radius 2 is 1.67 bits per heavy atom. The molecule has 0 aliphatic carbocycles. The van der Waals surface area contributed by atoms with Crippen molar-refractivity contribution in [1.82, 2.24) is 4.90 Å². The predicted molar refractivity (Wildman–Crippen MR) is 102 cm³/mol. The van der Waals surface area contributed by atoms with E-state index in [0.717, 1.165) is 45.8 Å². The van der Waals surface area contributed by atoms with Crippen molar-refractivity contribution < 1.29 is 0 Å². The fraction of sp³-hybridized carbons (Fsp3) is 0.400. The van der Waals surface area contributed by atoms with Crippen molar-refractivity contribution >= 4 is 17.1 Å². The summed E-state index contributed by atoms with van der Waals surface area (Å²) in [6.07, 6.45) is 0. The highest BCUT2D eigenvalue weighted by molar-refractivity contribution is 5.71. The molecule has 1 saturated heterocycles. The van der Waals surface area contributed by atoms with Crippen LogP contribution in [0.3, 0.4) is 0 Å². The second-order valence-electron chi connectivity index (χ2n) is 6.84. The minimum absolute atomic E-state index is 1.01. The quantitative estimate of drug-likeness (QED) is 0.909. The van der Waals surface area contributed by atoms with E-state index in [2.05, 4.69) is 69.8 Å². The highest BCUT2D eigenvalue weighted by atomic mass is 15.3. The number of fused-ring (bicyclic) bond motifs is 1. The van der Waals surface area contributed by atoms with Gasteiger partial charge in [0.25, 0.3) is 0 Å². The maximum atomic E-state index is 3.48. The molecule has 0 radical (unpaired) electrons. The predicted octanol–water partition coefficient (Wildman–Crippen LogP) is 3.15. The zero-order chi connectivity index (χ0) is 16.4. The summed E-state index contributed by atoms with van der Waals surface area (Å²) in [7, 11) is 0. The van der Waals surface area contributed by atoms with Crippen molar-refractivity contribution in [3.8, 4) is 0 Å². The Balaban J connectivity index is 1.36. The second kappa shape index (κ2) is 6.73. The first-order chi connectivity index (χ1) is 11.8. The van der Waals surface area contributed by atoms with Crippen LogP contribution in [-0.2, 0) is 6.54 Å². The summed E-state index contributed by atoms with van der Waals surface area (Å²) < 4.78 is 0. The molecule has 4 heteroatoms. The van der Waals surface area contributed by atoms with Crippen LogP contribution in [-0.4, -0.2) is 44.2 Å². The van der Waals surface area contributed by atoms with E-state index in [1.807, 2.05) is 0 Å². The van der Waals surface area contributed by atoms with Gasteiger partial charge in [0.15, 0.2) is 0 Å². The van der Waals surface area contributed by atoms with Gasteiger partial charge in [-0.15, -0.1) is 0 Å². The van der Waals surface area contributed by atoms with Crippen molar-refractivity contribution in [3.63, 3.8) is 0 Å². The summed E-state index contributed by atoms with van der Waals surface area (Å²) in [6, 6.07) is 15.6. The van der Waals surface area contributed by atoms with Gasteiger partial charge in [0.05, 0.1) is 11.4 Å². The molecule has 4 rings (SSSR count). The first-order valence-corrected chi connectivity index (χ1v) is 8.92. The largest absolute Gasteiger partial charge is 0.382 e. The van der Waals surface area contributed by atoms with Gasteiger partial charge in [-0.3, -0.25) is 4.90 Å². The Morgan fingerprint density at radius 1 is 0.875 bits per heavy atom. The molecule has 4 nitrogen and oxygen atoms in total. The van der Waals surface area contributed by atoms with Crippen LogP contribution in [0.25, 0.3) is 0 Å². The standard InChI is InChI=1S/C20H26N4/c1-16-3-2-4-18(13-16)24-11-9-23(10-12-24)15-17-5-6-19-20(14-17)22-8-7-21-19/h2-6,13-14,21-22H,7-12,15H2,1H3. The molecule has 2 N–H and O–H groups in total. The van der Waals surface area contributed by atoms with Gasteiger partial charge < -0.3 is 15.5 Å². The molecule has 0 spiro atoms. The molecule has 0 aromatic heterocycles. The Bertz CT molecular complexity index is 705. The number of benzene rings is 2. The molecular formula is C20H26N4. The maximum absolute atomic E-state index is 3.48. The molecule has 0 amide bonds. The summed E-state index contributed by atoms with van der Waals surface area (Å²) in [4.78, 5) is 5.06. The topological polar surface area (TPSA) is 30.5 Å². The van der Waals surface area contributed by atoms with E-state index < -0.39 is 0 Å². The summed E-state index contributed by atoms with van der Waals surface area (Å²) >= 11 is 0. The fourth-order valence-corrected chi connectivity index (χ4v) is 3.63. The van der Waals surface area contributed by atoms with Crippen LogP contribution in [0.15, 0.2) is 42.5 Å². The summed E-state index contributed by atoms with van der Waals surface area (Å²) in [5, 5.41) is 6.92. The SMILES string of the molecule is Cc1cccc(N2CCN(Cc3ccc4c(c3)NCCN4)CC2)c1. The number of hydrogen-bond donors (Lipinski definition) is 2. The molecule has 2 aliphatic rings. The normalized spacial score (nSPS) is 17.8. The van der Waals surface area contributed by atoms with Crippen LogP contribution < -0.4 is 15.5 Å². The average molecular weight is 322 g/mol. The number of nitrogens with zero attached hydrogens (tertiary/aromatic N) is 2. The van der Waals surface area contributed by atoms with Crippen LogP contribution in [0, 0.1) is 6.92 Å². The van der Waals surface area contributed by atoms with Gasteiger partial charge in [0.1, 0.15) is 0 Å². The Morgan fingerprint density at radius 3 is 2.46 bits per heavy atom. The van der Waals surface area contributed by atoms with Crippen molar-refractivity contribution in [2.75, 3.05) is 54.8 Å². The van der Waals surface area contributed by atoms with Gasteiger partial charge in [0, 0.05) is 51.5 Å². The number of rotatable bonds is 3. The van der Waals surface area contributed by atoms with Gasteiger partial charge in [-0.05, 0) is 42.3 Å². The Kier molecular flexibility index (Phi) is 4.30. The second-order valence-corrected chi connectivity index (χ2v) is 6.84. The van der Waals surface area contributed by atoms with Gasteiger partial charge in [0.2, 0.25) is 0 Å². The lowest BCUT2D eigenvalue weighted by molar-refractivity contribution is 0.250. The third-order valence-corrected chi connectivity index (χ3v) is 4.99. The van der Waals surface area contributed by atoms with Crippen LogP contribution in [0.2, 0.25) is 0 Å². The lowest BCUT2D eigenvalue weighted by Crippen LogP contribution is -2.46. The molecule has 0 saturated carbocycles. The summed E-state index contributed by atoms with van der Waals surface area (Å²) in [6.45, 7) is 9.67. The summed E-state index contributed by atoms with van der Waals surface area (Å²) in [5.41, 5.74) is 6.57. The Hall–Kier alpha value is -2.20. The van der Waals surface area contributed by atoms with Crippen LogP contribution in [0.1, 0.15) is 11.1 Å². The monoisotopic (exact) mass is 322 g/mol. The van der Waals surface area contributed by atoms with E-state index in [1.54, 1.807) is 0 Å². The van der Waals surface area contributed by atoms with Crippen LogP contribution in [0.5, 0.6) is 0 Å². The molecule has 0 bridgehead atoms. The van der Waals surface area contributed by atoms with Crippen molar-refractivity contribution in [1.29, 1.82) is 0 Å². The minimum atomic E-state index is 1.01. The van der Waals surface area contributed by atoms with Crippen LogP contribution in [0.4, 0.5) is 17.1 Å². The lowest BCUT2D eigenvalue weighted by atomic mass is 10.1. The molecule has 24 heavy (non-hydrogen) atoms. The molecular weight excluding hydrogens is 296 g/mol. The number of hydrogen-bond acceptors (Lipinski definition) is 4. The van der Waals surface area contributed by atoms with E-state index >= 15 is 0 Å². The van der Waals surface area contributed by atoms with Gasteiger partial charge in [-0.1, -0.05) is 18.2 Å². The smallest absolute Gasteiger partial charge is 0.0579 e. The van der Waals surface area contributed by atoms with Crippen LogP contribution >= 0.6 is 0 Å². The number of piperazine rings is 1. The molecule has 2 aromatic rings. The molecule has 126 valence electrons. The minimum Gasteiger partial charge on any atom is -0.382 e. The lowest BCUT2D eigenvalue weighted by Gasteiger charge is -2.36. The maximum Gasteiger partial charge on any atom is 0.0579 e. The molecule has 2 aromatic carbocycles. The molecule has 1 fully saturated rings. The van der Waals surface area contributed by atoms with Crippen molar-refractivity contribution in [2.24, 2.45) is 0 Å². The van der Waals surface area contributed by atoms with E-state index in [-0.39, 0.29) is 0 Å². The van der Waals surface area contributed by atoms with Crippen molar-refractivity contribution in [2.45, 2.75) is 13.5 Å². The zero-order valence-electron chi connectivity index (χ0n) is 14.4. The molecule has 0 atom stereocenters. The third-order valence-electron chi connectivity index (χ3n) is 4.99. The van der Waals surface area contributed by atoms with Gasteiger partial charge in [-0.25, -0.2) is 0 Å². The summed E-state index contributed by atoms with van der Waals surface area (Å²) in [5.74, 6) is 0.